The summed E-state index contributed by atoms with van der Waals surface area (Å²) in [6.07, 6.45) is 2.05. The lowest BCUT2D eigenvalue weighted by Crippen LogP contribution is -2.29. The largest absolute Gasteiger partial charge is 0.371 e. The van der Waals surface area contributed by atoms with E-state index in [1.807, 2.05) is 32.7 Å². The van der Waals surface area contributed by atoms with Crippen LogP contribution in [0.15, 0.2) is 0 Å². The number of likely N-dealkylation sites (N-methyl/N-ethyl adjacent to an activating group) is 1. The van der Waals surface area contributed by atoms with Crippen molar-refractivity contribution in [2.75, 3.05) is 13.6 Å². The molecule has 0 aromatic rings. The van der Waals surface area contributed by atoms with Crippen LogP contribution in [0.2, 0.25) is 0 Å². The van der Waals surface area contributed by atoms with Crippen LogP contribution in [0.4, 0.5) is 0 Å². The summed E-state index contributed by atoms with van der Waals surface area (Å²) in [6, 6.07) is 0.0485. The topological polar surface area (TPSA) is 29.5 Å². The van der Waals surface area contributed by atoms with Crippen LogP contribution >= 0.6 is 0 Å². The Hall–Kier alpha value is -0.410. The minimum absolute atomic E-state index is 0.0485. The zero-order valence-electron chi connectivity index (χ0n) is 8.91. The number of nitrogens with zero attached hydrogens (tertiary/aromatic N) is 1. The van der Waals surface area contributed by atoms with Gasteiger partial charge in [-0.05, 0) is 34.2 Å². The monoisotopic (exact) mass is 185 g/mol. The van der Waals surface area contributed by atoms with Gasteiger partial charge in [-0.3, -0.25) is 4.90 Å². The molecule has 0 unspecified atom stereocenters. The zero-order chi connectivity index (χ0) is 10.1. The van der Waals surface area contributed by atoms with E-state index in [4.69, 9.17) is 4.74 Å². The van der Waals surface area contributed by atoms with E-state index in [2.05, 4.69) is 0 Å². The van der Waals surface area contributed by atoms with Crippen molar-refractivity contribution in [1.29, 1.82) is 0 Å². The molecule has 13 heavy (non-hydrogen) atoms. The maximum atomic E-state index is 10.6. The lowest BCUT2D eigenvalue weighted by Gasteiger charge is -2.24. The smallest absolute Gasteiger partial charge is 0.137 e. The van der Waals surface area contributed by atoms with Crippen molar-refractivity contribution >= 4 is 6.29 Å². The Bertz CT molecular complexity index is 186. The molecule has 1 fully saturated rings. The molecule has 2 atom stereocenters. The second-order valence-electron chi connectivity index (χ2n) is 4.73. The molecular weight excluding hydrogens is 166 g/mol. The van der Waals surface area contributed by atoms with Crippen molar-refractivity contribution in [1.82, 2.24) is 4.90 Å². The second kappa shape index (κ2) is 3.76. The molecule has 3 heteroatoms. The number of hydrogen-bond donors (Lipinski definition) is 0. The molecule has 0 N–H and O–H groups in total. The van der Waals surface area contributed by atoms with Crippen molar-refractivity contribution in [3.8, 4) is 0 Å². The predicted octanol–water partition coefficient (Wildman–Crippen LogP) is 1.07. The summed E-state index contributed by atoms with van der Waals surface area (Å²) in [5.74, 6) is 0. The number of carbonyl (C=O) groups is 1. The number of carbonyl (C=O) groups excluding carboxylic acids is 1. The first-order valence-electron chi connectivity index (χ1n) is 4.76. The van der Waals surface area contributed by atoms with Gasteiger partial charge in [-0.2, -0.15) is 0 Å². The van der Waals surface area contributed by atoms with Gasteiger partial charge in [0.15, 0.2) is 0 Å². The Morgan fingerprint density at radius 2 is 2.08 bits per heavy atom. The highest BCUT2D eigenvalue weighted by Crippen LogP contribution is 2.21. The SMILES string of the molecule is CN1C[C@H](OC(C)(C)C)C[C@H]1C=O. The average Bonchev–Trinajstić information content (AvgIpc) is 2.26. The lowest BCUT2D eigenvalue weighted by atomic mass is 10.1. The van der Waals surface area contributed by atoms with Crippen LogP contribution in [0.25, 0.3) is 0 Å². The highest BCUT2D eigenvalue weighted by atomic mass is 16.5. The summed E-state index contributed by atoms with van der Waals surface area (Å²) in [5, 5.41) is 0. The van der Waals surface area contributed by atoms with Gasteiger partial charge in [-0.1, -0.05) is 0 Å². The molecule has 0 bridgehead atoms. The van der Waals surface area contributed by atoms with Gasteiger partial charge in [0.2, 0.25) is 0 Å². The van der Waals surface area contributed by atoms with Gasteiger partial charge in [-0.15, -0.1) is 0 Å². The molecule has 0 aromatic carbocycles. The summed E-state index contributed by atoms with van der Waals surface area (Å²) in [6.45, 7) is 6.99. The van der Waals surface area contributed by atoms with Crippen molar-refractivity contribution < 1.29 is 9.53 Å². The summed E-state index contributed by atoms with van der Waals surface area (Å²) in [7, 11) is 1.96. The Morgan fingerprint density at radius 1 is 1.46 bits per heavy atom. The van der Waals surface area contributed by atoms with Crippen molar-refractivity contribution in [3.63, 3.8) is 0 Å². The molecular formula is C10H19NO2. The van der Waals surface area contributed by atoms with Crippen molar-refractivity contribution in [3.05, 3.63) is 0 Å². The number of ether oxygens (including phenoxy) is 1. The van der Waals surface area contributed by atoms with Crippen LogP contribution in [-0.4, -0.2) is 42.5 Å². The van der Waals surface area contributed by atoms with E-state index in [1.165, 1.54) is 0 Å². The molecule has 0 spiro atoms. The zero-order valence-corrected chi connectivity index (χ0v) is 8.91. The van der Waals surface area contributed by atoms with Gasteiger partial charge < -0.3 is 9.53 Å². The van der Waals surface area contributed by atoms with Gasteiger partial charge in [0, 0.05) is 6.54 Å². The summed E-state index contributed by atoms with van der Waals surface area (Å²) in [5.41, 5.74) is -0.108. The van der Waals surface area contributed by atoms with Crippen LogP contribution in [-0.2, 0) is 9.53 Å². The molecule has 3 nitrogen and oxygen atoms in total. The van der Waals surface area contributed by atoms with Crippen LogP contribution in [0.3, 0.4) is 0 Å². The lowest BCUT2D eigenvalue weighted by molar-refractivity contribution is -0.111. The Labute approximate surface area is 80.1 Å². The molecule has 0 radical (unpaired) electrons. The summed E-state index contributed by atoms with van der Waals surface area (Å²) >= 11 is 0. The van der Waals surface area contributed by atoms with E-state index < -0.39 is 0 Å². The Morgan fingerprint density at radius 3 is 2.46 bits per heavy atom. The normalized spacial score (nSPS) is 30.8. The van der Waals surface area contributed by atoms with Crippen molar-refractivity contribution in [2.24, 2.45) is 0 Å². The highest BCUT2D eigenvalue weighted by Gasteiger charge is 2.32. The molecule has 1 aliphatic rings. The number of likely N-dealkylation sites (tertiary alicyclic amines) is 1. The maximum absolute atomic E-state index is 10.6. The first-order chi connectivity index (χ1) is 5.92. The van der Waals surface area contributed by atoms with Gasteiger partial charge in [-0.25, -0.2) is 0 Å². The quantitative estimate of drug-likeness (QED) is 0.603. The molecule has 1 rings (SSSR count). The van der Waals surface area contributed by atoms with E-state index in [9.17, 15) is 4.79 Å². The molecule has 0 saturated carbocycles. The fourth-order valence-corrected chi connectivity index (χ4v) is 1.73. The van der Waals surface area contributed by atoms with E-state index >= 15 is 0 Å². The number of aldehydes is 1. The molecule has 1 saturated heterocycles. The first kappa shape index (κ1) is 10.7. The van der Waals surface area contributed by atoms with E-state index in [0.29, 0.717) is 0 Å². The molecule has 0 aromatic heterocycles. The predicted molar refractivity (Wildman–Crippen MR) is 51.7 cm³/mol. The third-order valence-corrected chi connectivity index (χ3v) is 2.24. The second-order valence-corrected chi connectivity index (χ2v) is 4.73. The third-order valence-electron chi connectivity index (χ3n) is 2.24. The maximum Gasteiger partial charge on any atom is 0.137 e. The van der Waals surface area contributed by atoms with E-state index in [1.54, 1.807) is 0 Å². The van der Waals surface area contributed by atoms with Gasteiger partial charge in [0.05, 0.1) is 17.7 Å². The van der Waals surface area contributed by atoms with Gasteiger partial charge in [0.25, 0.3) is 0 Å². The number of rotatable bonds is 2. The fourth-order valence-electron chi connectivity index (χ4n) is 1.73. The molecule has 0 aliphatic carbocycles. The first-order valence-corrected chi connectivity index (χ1v) is 4.76. The van der Waals surface area contributed by atoms with Crippen molar-refractivity contribution in [2.45, 2.75) is 44.9 Å². The number of hydrogen-bond acceptors (Lipinski definition) is 3. The van der Waals surface area contributed by atoms with E-state index in [0.717, 1.165) is 19.3 Å². The van der Waals surface area contributed by atoms with Crippen LogP contribution in [0, 0.1) is 0 Å². The van der Waals surface area contributed by atoms with Gasteiger partial charge >= 0.3 is 0 Å². The Balaban J connectivity index is 2.44. The fraction of sp³-hybridized carbons (Fsp3) is 0.900. The minimum atomic E-state index is -0.108. The standard InChI is InChI=1S/C10H19NO2/c1-10(2,3)13-9-5-8(7-12)11(4)6-9/h7-9H,5-6H2,1-4H3/t8-,9+/m0/s1. The van der Waals surface area contributed by atoms with E-state index in [-0.39, 0.29) is 17.7 Å². The molecule has 1 aliphatic heterocycles. The Kier molecular flexibility index (Phi) is 3.09. The van der Waals surface area contributed by atoms with Crippen LogP contribution < -0.4 is 0 Å². The molecule has 76 valence electrons. The van der Waals surface area contributed by atoms with Crippen LogP contribution in [0.5, 0.6) is 0 Å². The summed E-state index contributed by atoms with van der Waals surface area (Å²) in [4.78, 5) is 12.7. The third kappa shape index (κ3) is 3.08. The minimum Gasteiger partial charge on any atom is -0.371 e. The molecule has 1 heterocycles. The summed E-state index contributed by atoms with van der Waals surface area (Å²) < 4.78 is 5.80. The average molecular weight is 185 g/mol. The van der Waals surface area contributed by atoms with Gasteiger partial charge in [0.1, 0.15) is 6.29 Å². The molecule has 0 amide bonds. The highest BCUT2D eigenvalue weighted by molar-refractivity contribution is 5.58. The van der Waals surface area contributed by atoms with Crippen LogP contribution in [0.1, 0.15) is 27.2 Å².